The summed E-state index contributed by atoms with van der Waals surface area (Å²) in [5.41, 5.74) is 0.0380. The molecule has 0 saturated heterocycles. The first-order valence-electron chi connectivity index (χ1n) is 5.72. The minimum atomic E-state index is 0.0380. The van der Waals surface area contributed by atoms with Gasteiger partial charge in [-0.1, -0.05) is 37.0 Å². The average molecular weight is 294 g/mol. The maximum absolute atomic E-state index is 6.25. The van der Waals surface area contributed by atoms with Crippen LogP contribution in [0.1, 0.15) is 26.7 Å². The number of halogens is 3. The third kappa shape index (κ3) is 2.52. The smallest absolute Gasteiger partial charge is 0.122 e. The van der Waals surface area contributed by atoms with Gasteiger partial charge in [0, 0.05) is 27.3 Å². The highest BCUT2D eigenvalue weighted by Gasteiger charge is 2.51. The van der Waals surface area contributed by atoms with Gasteiger partial charge >= 0.3 is 0 Å². The summed E-state index contributed by atoms with van der Waals surface area (Å²) >= 11 is 18.1. The van der Waals surface area contributed by atoms with E-state index in [9.17, 15) is 0 Å². The fraction of sp³-hybridized carbons (Fsp3) is 0.538. The predicted octanol–water partition coefficient (Wildman–Crippen LogP) is 5.17. The highest BCUT2D eigenvalue weighted by Crippen LogP contribution is 2.49. The van der Waals surface area contributed by atoms with Gasteiger partial charge in [0.2, 0.25) is 0 Å². The SMILES string of the molecule is CCC1(C)C(Cl)CC1Oc1cc(Cl)cc(Cl)c1. The second-order valence-corrected chi connectivity index (χ2v) is 6.17. The zero-order valence-electron chi connectivity index (χ0n) is 9.84. The van der Waals surface area contributed by atoms with Crippen molar-refractivity contribution in [2.24, 2.45) is 5.41 Å². The Morgan fingerprint density at radius 3 is 2.35 bits per heavy atom. The Balaban J connectivity index is 2.12. The van der Waals surface area contributed by atoms with E-state index in [0.717, 1.165) is 18.6 Å². The fourth-order valence-corrected chi connectivity index (χ4v) is 3.12. The molecule has 1 aromatic carbocycles. The molecule has 0 amide bonds. The van der Waals surface area contributed by atoms with E-state index < -0.39 is 0 Å². The zero-order chi connectivity index (χ0) is 12.6. The lowest BCUT2D eigenvalue weighted by molar-refractivity contribution is -0.0294. The predicted molar refractivity (Wildman–Crippen MR) is 73.5 cm³/mol. The van der Waals surface area contributed by atoms with Crippen molar-refractivity contribution >= 4 is 34.8 Å². The van der Waals surface area contributed by atoms with Gasteiger partial charge in [0.25, 0.3) is 0 Å². The standard InChI is InChI=1S/C13H15Cl3O/c1-3-13(2)11(16)7-12(13)17-10-5-8(14)4-9(15)6-10/h4-6,11-12H,3,7H2,1-2H3. The summed E-state index contributed by atoms with van der Waals surface area (Å²) in [6.07, 6.45) is 2.01. The van der Waals surface area contributed by atoms with Crippen LogP contribution in [-0.2, 0) is 0 Å². The molecule has 1 aliphatic rings. The molecule has 17 heavy (non-hydrogen) atoms. The van der Waals surface area contributed by atoms with Crippen molar-refractivity contribution in [1.82, 2.24) is 0 Å². The summed E-state index contributed by atoms with van der Waals surface area (Å²) in [5.74, 6) is 0.718. The normalized spacial score (nSPS) is 32.1. The van der Waals surface area contributed by atoms with Crippen molar-refractivity contribution in [3.05, 3.63) is 28.2 Å². The minimum absolute atomic E-state index is 0.0380. The Kier molecular flexibility index (Phi) is 3.82. The number of rotatable bonds is 3. The summed E-state index contributed by atoms with van der Waals surface area (Å²) in [6, 6.07) is 5.26. The topological polar surface area (TPSA) is 9.23 Å². The zero-order valence-corrected chi connectivity index (χ0v) is 12.1. The summed E-state index contributed by atoms with van der Waals surface area (Å²) in [5, 5.41) is 1.37. The summed E-state index contributed by atoms with van der Waals surface area (Å²) in [7, 11) is 0. The third-order valence-electron chi connectivity index (χ3n) is 3.75. The molecule has 4 heteroatoms. The van der Waals surface area contributed by atoms with Crippen LogP contribution >= 0.6 is 34.8 Å². The molecular formula is C13H15Cl3O. The van der Waals surface area contributed by atoms with E-state index in [1.165, 1.54) is 0 Å². The van der Waals surface area contributed by atoms with Gasteiger partial charge in [-0.3, -0.25) is 0 Å². The van der Waals surface area contributed by atoms with E-state index >= 15 is 0 Å². The molecule has 94 valence electrons. The van der Waals surface area contributed by atoms with Gasteiger partial charge < -0.3 is 4.74 Å². The molecule has 0 heterocycles. The molecule has 1 aromatic rings. The lowest BCUT2D eigenvalue weighted by Gasteiger charge is -2.50. The molecule has 3 atom stereocenters. The van der Waals surface area contributed by atoms with E-state index in [0.29, 0.717) is 10.0 Å². The molecule has 2 rings (SSSR count). The molecule has 1 nitrogen and oxygen atoms in total. The van der Waals surface area contributed by atoms with Crippen molar-refractivity contribution < 1.29 is 4.74 Å². The first-order valence-corrected chi connectivity index (χ1v) is 6.91. The van der Waals surface area contributed by atoms with Gasteiger partial charge in [0.15, 0.2) is 0 Å². The van der Waals surface area contributed by atoms with Crippen LogP contribution in [0.2, 0.25) is 10.0 Å². The van der Waals surface area contributed by atoms with Gasteiger partial charge in [-0.15, -0.1) is 11.6 Å². The van der Waals surface area contributed by atoms with Crippen molar-refractivity contribution in [2.45, 2.75) is 38.2 Å². The Bertz CT molecular complexity index is 401. The third-order valence-corrected chi connectivity index (χ3v) is 4.86. The van der Waals surface area contributed by atoms with Gasteiger partial charge in [-0.2, -0.15) is 0 Å². The average Bonchev–Trinajstić information content (AvgIpc) is 2.26. The Morgan fingerprint density at radius 1 is 1.29 bits per heavy atom. The molecule has 1 saturated carbocycles. The van der Waals surface area contributed by atoms with E-state index in [1.807, 2.05) is 0 Å². The number of benzene rings is 1. The second kappa shape index (κ2) is 4.87. The fourth-order valence-electron chi connectivity index (χ4n) is 2.16. The molecular weight excluding hydrogens is 279 g/mol. The highest BCUT2D eigenvalue weighted by atomic mass is 35.5. The maximum Gasteiger partial charge on any atom is 0.122 e. The van der Waals surface area contributed by atoms with Crippen LogP contribution in [0, 0.1) is 5.41 Å². The molecule has 0 radical (unpaired) electrons. The van der Waals surface area contributed by atoms with Crippen LogP contribution in [0.3, 0.4) is 0 Å². The molecule has 1 fully saturated rings. The van der Waals surface area contributed by atoms with Gasteiger partial charge in [0.05, 0.1) is 0 Å². The number of alkyl halides is 1. The summed E-state index contributed by atoms with van der Waals surface area (Å²) in [4.78, 5) is 0. The molecule has 0 N–H and O–H groups in total. The molecule has 1 aliphatic carbocycles. The Labute approximate surface area is 117 Å². The Morgan fingerprint density at radius 2 is 1.88 bits per heavy atom. The van der Waals surface area contributed by atoms with E-state index in [2.05, 4.69) is 13.8 Å². The van der Waals surface area contributed by atoms with Crippen LogP contribution in [0.5, 0.6) is 5.75 Å². The van der Waals surface area contributed by atoms with E-state index in [-0.39, 0.29) is 16.9 Å². The lowest BCUT2D eigenvalue weighted by Crippen LogP contribution is -2.55. The molecule has 0 aliphatic heterocycles. The number of hydrogen-bond donors (Lipinski definition) is 0. The highest BCUT2D eigenvalue weighted by molar-refractivity contribution is 6.34. The summed E-state index contributed by atoms with van der Waals surface area (Å²) in [6.45, 7) is 4.29. The first kappa shape index (κ1) is 13.3. The van der Waals surface area contributed by atoms with Crippen molar-refractivity contribution in [2.75, 3.05) is 0 Å². The van der Waals surface area contributed by atoms with Gasteiger partial charge in [-0.05, 0) is 24.6 Å². The van der Waals surface area contributed by atoms with Gasteiger partial charge in [-0.25, -0.2) is 0 Å². The van der Waals surface area contributed by atoms with Gasteiger partial charge in [0.1, 0.15) is 11.9 Å². The van der Waals surface area contributed by atoms with Crippen LogP contribution < -0.4 is 4.74 Å². The number of hydrogen-bond acceptors (Lipinski definition) is 1. The van der Waals surface area contributed by atoms with Crippen LogP contribution in [0.15, 0.2) is 18.2 Å². The molecule has 3 unspecified atom stereocenters. The molecule has 0 spiro atoms. The van der Waals surface area contributed by atoms with Crippen LogP contribution in [-0.4, -0.2) is 11.5 Å². The van der Waals surface area contributed by atoms with Crippen molar-refractivity contribution in [3.8, 4) is 5.75 Å². The number of ether oxygens (including phenoxy) is 1. The van der Waals surface area contributed by atoms with Crippen molar-refractivity contribution in [3.63, 3.8) is 0 Å². The molecule has 0 aromatic heterocycles. The van der Waals surface area contributed by atoms with Crippen molar-refractivity contribution in [1.29, 1.82) is 0 Å². The minimum Gasteiger partial charge on any atom is -0.490 e. The van der Waals surface area contributed by atoms with E-state index in [1.54, 1.807) is 18.2 Å². The monoisotopic (exact) mass is 292 g/mol. The van der Waals surface area contributed by atoms with Crippen LogP contribution in [0.4, 0.5) is 0 Å². The van der Waals surface area contributed by atoms with Crippen LogP contribution in [0.25, 0.3) is 0 Å². The molecule has 0 bridgehead atoms. The Hall–Kier alpha value is -0.110. The second-order valence-electron chi connectivity index (χ2n) is 4.77. The quantitative estimate of drug-likeness (QED) is 0.699. The lowest BCUT2D eigenvalue weighted by atomic mass is 9.65. The summed E-state index contributed by atoms with van der Waals surface area (Å²) < 4.78 is 5.94. The first-order chi connectivity index (χ1) is 7.95. The largest absolute Gasteiger partial charge is 0.490 e. The van der Waals surface area contributed by atoms with E-state index in [4.69, 9.17) is 39.5 Å². The maximum atomic E-state index is 6.25.